The van der Waals surface area contributed by atoms with E-state index in [-0.39, 0.29) is 30.4 Å². The van der Waals surface area contributed by atoms with E-state index < -0.39 is 0 Å². The van der Waals surface area contributed by atoms with Crippen molar-refractivity contribution in [2.45, 2.75) is 31.3 Å². The van der Waals surface area contributed by atoms with E-state index in [9.17, 15) is 4.79 Å². The molecule has 27 heavy (non-hydrogen) atoms. The number of benzene rings is 1. The van der Waals surface area contributed by atoms with Gasteiger partial charge in [-0.25, -0.2) is 4.98 Å². The number of likely N-dealkylation sites (tertiary alicyclic amines) is 1. The number of halogens is 2. The van der Waals surface area contributed by atoms with Gasteiger partial charge in [0, 0.05) is 17.5 Å². The van der Waals surface area contributed by atoms with Gasteiger partial charge in [-0.2, -0.15) is 0 Å². The Kier molecular flexibility index (Phi) is 6.42. The van der Waals surface area contributed by atoms with Crippen LogP contribution in [0.25, 0.3) is 11.0 Å². The Morgan fingerprint density at radius 1 is 1.37 bits per heavy atom. The van der Waals surface area contributed by atoms with Crippen molar-refractivity contribution in [3.05, 3.63) is 51.4 Å². The summed E-state index contributed by atoms with van der Waals surface area (Å²) in [5.41, 5.74) is 2.04. The lowest BCUT2D eigenvalue weighted by atomic mass is 9.97. The Bertz CT molecular complexity index is 892. The molecule has 1 aromatic carbocycles. The smallest absolute Gasteiger partial charge is 0.225 e. The van der Waals surface area contributed by atoms with Gasteiger partial charge in [0.25, 0.3) is 0 Å². The van der Waals surface area contributed by atoms with Crippen LogP contribution >= 0.6 is 35.3 Å². The number of imidazole rings is 1. The minimum atomic E-state index is 0. The van der Waals surface area contributed by atoms with Crippen molar-refractivity contribution >= 4 is 52.3 Å². The molecule has 3 heterocycles. The van der Waals surface area contributed by atoms with Crippen LogP contribution in [0.15, 0.2) is 36.4 Å². The van der Waals surface area contributed by atoms with Gasteiger partial charge in [-0.3, -0.25) is 9.69 Å². The number of nitrogens with one attached hydrogen (secondary N) is 2. The third-order valence-corrected chi connectivity index (χ3v) is 6.15. The molecule has 1 fully saturated rings. The largest absolute Gasteiger partial charge is 0.353 e. The van der Waals surface area contributed by atoms with Gasteiger partial charge >= 0.3 is 0 Å². The Morgan fingerprint density at radius 3 is 2.93 bits per heavy atom. The maximum absolute atomic E-state index is 12.4. The van der Waals surface area contributed by atoms with E-state index in [1.54, 1.807) is 0 Å². The van der Waals surface area contributed by atoms with Gasteiger partial charge in [0.1, 0.15) is 5.82 Å². The van der Waals surface area contributed by atoms with Crippen LogP contribution in [0.2, 0.25) is 4.34 Å². The van der Waals surface area contributed by atoms with Crippen molar-refractivity contribution in [2.24, 2.45) is 0 Å². The molecule has 3 aromatic rings. The summed E-state index contributed by atoms with van der Waals surface area (Å²) in [6, 6.07) is 12.2. The third-order valence-electron chi connectivity index (χ3n) is 4.92. The summed E-state index contributed by atoms with van der Waals surface area (Å²) in [6.07, 6.45) is 2.19. The van der Waals surface area contributed by atoms with Gasteiger partial charge in [0.15, 0.2) is 0 Å². The molecule has 1 saturated heterocycles. The lowest BCUT2D eigenvalue weighted by molar-refractivity contribution is -0.121. The number of hydrogen-bond acceptors (Lipinski definition) is 4. The normalized spacial score (nSPS) is 20.4. The molecule has 2 atom stereocenters. The highest BCUT2D eigenvalue weighted by molar-refractivity contribution is 7.16. The van der Waals surface area contributed by atoms with Gasteiger partial charge in [-0.15, -0.1) is 23.7 Å². The molecule has 8 heteroatoms. The highest BCUT2D eigenvalue weighted by atomic mass is 35.5. The molecule has 1 aliphatic heterocycles. The van der Waals surface area contributed by atoms with Crippen LogP contribution < -0.4 is 5.32 Å². The summed E-state index contributed by atoms with van der Waals surface area (Å²) in [5, 5.41) is 3.19. The first-order chi connectivity index (χ1) is 12.6. The minimum Gasteiger partial charge on any atom is -0.353 e. The van der Waals surface area contributed by atoms with Crippen molar-refractivity contribution < 1.29 is 4.79 Å². The number of fused-ring (bicyclic) bond motifs is 1. The Labute approximate surface area is 173 Å². The molecule has 5 nitrogen and oxygen atoms in total. The average Bonchev–Trinajstić information content (AvgIpc) is 3.22. The van der Waals surface area contributed by atoms with Crippen LogP contribution in [0.3, 0.4) is 0 Å². The van der Waals surface area contributed by atoms with Gasteiger partial charge in [-0.1, -0.05) is 23.7 Å². The van der Waals surface area contributed by atoms with Crippen LogP contribution in [-0.4, -0.2) is 40.4 Å². The predicted molar refractivity (Wildman–Crippen MR) is 113 cm³/mol. The second-order valence-corrected chi connectivity index (χ2v) is 8.61. The summed E-state index contributed by atoms with van der Waals surface area (Å²) < 4.78 is 0.719. The van der Waals surface area contributed by atoms with Crippen molar-refractivity contribution in [3.63, 3.8) is 0 Å². The molecule has 144 valence electrons. The van der Waals surface area contributed by atoms with Crippen molar-refractivity contribution in [1.29, 1.82) is 0 Å². The molecular formula is C19H22Cl2N4OS. The molecule has 0 aliphatic carbocycles. The van der Waals surface area contributed by atoms with Gasteiger partial charge < -0.3 is 10.3 Å². The maximum Gasteiger partial charge on any atom is 0.225 e. The van der Waals surface area contributed by atoms with E-state index in [0.717, 1.165) is 45.5 Å². The van der Waals surface area contributed by atoms with E-state index in [1.165, 1.54) is 11.3 Å². The number of aromatic amines is 1. The number of piperidine rings is 1. The molecule has 0 radical (unpaired) electrons. The van der Waals surface area contributed by atoms with Crippen LogP contribution in [0.1, 0.15) is 29.6 Å². The van der Waals surface area contributed by atoms with E-state index in [2.05, 4.69) is 22.2 Å². The SMILES string of the molecule is CN1CC[C@@H](NC(=O)Cc2ccc(Cl)s2)C[C@@H]1c1nc2ccccc2[nH]1.Cl. The molecule has 1 amide bonds. The van der Waals surface area contributed by atoms with Crippen LogP contribution in [-0.2, 0) is 11.2 Å². The first-order valence-corrected chi connectivity index (χ1v) is 9.96. The van der Waals surface area contributed by atoms with Gasteiger partial charge in [0.2, 0.25) is 5.91 Å². The number of carbonyl (C=O) groups excluding carboxylic acids is 1. The molecule has 0 unspecified atom stereocenters. The van der Waals surface area contributed by atoms with Crippen molar-refractivity contribution in [3.8, 4) is 0 Å². The number of aromatic nitrogens is 2. The highest BCUT2D eigenvalue weighted by Crippen LogP contribution is 2.29. The number of amides is 1. The number of rotatable bonds is 4. The average molecular weight is 425 g/mol. The summed E-state index contributed by atoms with van der Waals surface area (Å²) in [5.74, 6) is 1.03. The zero-order chi connectivity index (χ0) is 18.1. The summed E-state index contributed by atoms with van der Waals surface area (Å²) >= 11 is 7.40. The second kappa shape index (κ2) is 8.61. The number of H-pyrrole nitrogens is 1. The standard InChI is InChI=1S/C19H21ClN4OS.ClH/c1-24-9-8-12(21-18(25)11-13-6-7-17(20)26-13)10-16(24)19-22-14-4-2-3-5-15(14)23-19;/h2-7,12,16H,8-11H2,1H3,(H,21,25)(H,22,23);1H/t12-,16-;/m1./s1. The summed E-state index contributed by atoms with van der Waals surface area (Å²) in [4.78, 5) is 23.9. The van der Waals surface area contributed by atoms with E-state index in [1.807, 2.05) is 36.4 Å². The summed E-state index contributed by atoms with van der Waals surface area (Å²) in [7, 11) is 2.11. The molecule has 0 saturated carbocycles. The fraction of sp³-hybridized carbons (Fsp3) is 0.368. The zero-order valence-electron chi connectivity index (χ0n) is 14.9. The van der Waals surface area contributed by atoms with Crippen LogP contribution in [0, 0.1) is 0 Å². The fourth-order valence-corrected chi connectivity index (χ4v) is 4.63. The van der Waals surface area contributed by atoms with Gasteiger partial charge in [-0.05, 0) is 44.2 Å². The molecule has 2 N–H and O–H groups in total. The third kappa shape index (κ3) is 4.63. The number of nitrogens with zero attached hydrogens (tertiary/aromatic N) is 2. The van der Waals surface area contributed by atoms with E-state index >= 15 is 0 Å². The molecule has 0 spiro atoms. The Balaban J connectivity index is 0.00000210. The predicted octanol–water partition coefficient (Wildman–Crippen LogP) is 4.19. The van der Waals surface area contributed by atoms with Crippen LogP contribution in [0.5, 0.6) is 0 Å². The fourth-order valence-electron chi connectivity index (χ4n) is 3.55. The topological polar surface area (TPSA) is 61.0 Å². The first-order valence-electron chi connectivity index (χ1n) is 8.77. The second-order valence-electron chi connectivity index (χ2n) is 6.81. The number of thiophene rings is 1. The molecule has 0 bridgehead atoms. The zero-order valence-corrected chi connectivity index (χ0v) is 17.3. The highest BCUT2D eigenvalue weighted by Gasteiger charge is 2.30. The Hall–Kier alpha value is -1.60. The number of hydrogen-bond donors (Lipinski definition) is 2. The van der Waals surface area contributed by atoms with E-state index in [4.69, 9.17) is 16.6 Å². The van der Waals surface area contributed by atoms with E-state index in [0.29, 0.717) is 6.42 Å². The number of carbonyl (C=O) groups is 1. The molecule has 2 aromatic heterocycles. The maximum atomic E-state index is 12.4. The molecule has 1 aliphatic rings. The quantitative estimate of drug-likeness (QED) is 0.659. The molecule has 4 rings (SSSR count). The first kappa shape index (κ1) is 20.1. The van der Waals surface area contributed by atoms with Crippen molar-refractivity contribution in [2.75, 3.05) is 13.6 Å². The monoisotopic (exact) mass is 424 g/mol. The Morgan fingerprint density at radius 2 is 2.19 bits per heavy atom. The minimum absolute atomic E-state index is 0. The van der Waals surface area contributed by atoms with Gasteiger partial charge in [0.05, 0.1) is 27.8 Å². The lowest BCUT2D eigenvalue weighted by Crippen LogP contribution is -2.45. The van der Waals surface area contributed by atoms with Crippen molar-refractivity contribution in [1.82, 2.24) is 20.2 Å². The lowest BCUT2D eigenvalue weighted by Gasteiger charge is -2.36. The molecular weight excluding hydrogens is 403 g/mol. The summed E-state index contributed by atoms with van der Waals surface area (Å²) in [6.45, 7) is 0.928. The number of para-hydroxylation sites is 2. The van der Waals surface area contributed by atoms with Crippen LogP contribution in [0.4, 0.5) is 0 Å².